The molecule has 3 heterocycles. The first-order valence-electron chi connectivity index (χ1n) is 11.6. The number of halogens is 1. The minimum absolute atomic E-state index is 0.160. The van der Waals surface area contributed by atoms with Crippen molar-refractivity contribution in [3.8, 4) is 0 Å². The van der Waals surface area contributed by atoms with E-state index in [2.05, 4.69) is 47.7 Å². The van der Waals surface area contributed by atoms with E-state index in [0.29, 0.717) is 25.0 Å². The zero-order valence-corrected chi connectivity index (χ0v) is 21.5. The third-order valence-electron chi connectivity index (χ3n) is 7.39. The van der Waals surface area contributed by atoms with E-state index in [9.17, 15) is 4.79 Å². The van der Waals surface area contributed by atoms with E-state index in [-0.39, 0.29) is 11.7 Å². The fraction of sp³-hybridized carbons (Fsp3) is 0.720. The van der Waals surface area contributed by atoms with Crippen molar-refractivity contribution in [3.63, 3.8) is 0 Å². The van der Waals surface area contributed by atoms with Crippen LogP contribution in [0.5, 0.6) is 0 Å². The summed E-state index contributed by atoms with van der Waals surface area (Å²) >= 11 is 3.87. The van der Waals surface area contributed by atoms with E-state index >= 15 is 0 Å². The second-order valence-corrected chi connectivity index (χ2v) is 11.6. The Morgan fingerprint density at radius 3 is 2.42 bits per heavy atom. The number of rotatable bonds is 2. The van der Waals surface area contributed by atoms with E-state index in [0.717, 1.165) is 26.1 Å². The summed E-state index contributed by atoms with van der Waals surface area (Å²) in [5.74, 6) is 0.617. The smallest absolute Gasteiger partial charge is 0.410 e. The van der Waals surface area contributed by atoms with Crippen LogP contribution in [0, 0.1) is 20.8 Å². The highest BCUT2D eigenvalue weighted by Crippen LogP contribution is 2.41. The van der Waals surface area contributed by atoms with Crippen molar-refractivity contribution in [2.45, 2.75) is 84.0 Å². The van der Waals surface area contributed by atoms with Gasteiger partial charge in [-0.05, 0) is 102 Å². The molecule has 1 atom stereocenters. The summed E-state index contributed by atoms with van der Waals surface area (Å²) in [6, 6.07) is 2.85. The summed E-state index contributed by atoms with van der Waals surface area (Å²) in [7, 11) is 0. The molecular weight excluding hydrogens is 456 g/mol. The summed E-state index contributed by atoms with van der Waals surface area (Å²) in [4.78, 5) is 16.7. The number of benzene rings is 1. The van der Waals surface area contributed by atoms with Crippen LogP contribution in [0.1, 0.15) is 68.2 Å². The number of nitrogens with zero attached hydrogens (tertiary/aromatic N) is 2. The van der Waals surface area contributed by atoms with E-state index in [1.165, 1.54) is 39.6 Å². The summed E-state index contributed by atoms with van der Waals surface area (Å²) < 4.78 is 13.0. The first kappa shape index (κ1) is 23.1. The number of piperidine rings is 1. The number of hydrogen-bond acceptors (Lipinski definition) is 4. The Bertz CT molecular complexity index is 849. The lowest BCUT2D eigenvalue weighted by molar-refractivity contribution is -0.109. The van der Waals surface area contributed by atoms with Crippen molar-refractivity contribution in [2.75, 3.05) is 32.8 Å². The SMILES string of the molecule is Cc1cc(C2CCN([C@@H]3COC4(C3)CN(C(=O)OC(C)(C)C)C4)CC2)c(Br)c(C)c1C. The van der Waals surface area contributed by atoms with Crippen LogP contribution in [0.4, 0.5) is 4.79 Å². The molecule has 3 fully saturated rings. The fourth-order valence-electron chi connectivity index (χ4n) is 5.33. The molecule has 0 unspecified atom stereocenters. The maximum Gasteiger partial charge on any atom is 0.410 e. The van der Waals surface area contributed by atoms with Gasteiger partial charge in [0, 0.05) is 10.5 Å². The van der Waals surface area contributed by atoms with E-state index < -0.39 is 5.60 Å². The Morgan fingerprint density at radius 1 is 1.16 bits per heavy atom. The molecule has 1 amide bonds. The van der Waals surface area contributed by atoms with E-state index in [4.69, 9.17) is 9.47 Å². The van der Waals surface area contributed by atoms with Crippen molar-refractivity contribution in [1.29, 1.82) is 0 Å². The first-order valence-corrected chi connectivity index (χ1v) is 12.4. The van der Waals surface area contributed by atoms with Gasteiger partial charge in [0.1, 0.15) is 11.2 Å². The van der Waals surface area contributed by atoms with Gasteiger partial charge in [0.05, 0.1) is 19.7 Å². The predicted molar refractivity (Wildman–Crippen MR) is 127 cm³/mol. The highest BCUT2D eigenvalue weighted by atomic mass is 79.9. The highest BCUT2D eigenvalue weighted by molar-refractivity contribution is 9.10. The maximum absolute atomic E-state index is 12.3. The van der Waals surface area contributed by atoms with Crippen LogP contribution in [0.3, 0.4) is 0 Å². The van der Waals surface area contributed by atoms with Crippen molar-refractivity contribution in [3.05, 3.63) is 32.8 Å². The van der Waals surface area contributed by atoms with Gasteiger partial charge in [-0.2, -0.15) is 0 Å². The third-order valence-corrected chi connectivity index (χ3v) is 8.45. The zero-order chi connectivity index (χ0) is 22.6. The Labute approximate surface area is 195 Å². The van der Waals surface area contributed by atoms with Crippen LogP contribution in [0.15, 0.2) is 10.5 Å². The number of hydrogen-bond donors (Lipinski definition) is 0. The van der Waals surface area contributed by atoms with Crippen LogP contribution in [0.2, 0.25) is 0 Å². The molecular formula is C25H37BrN2O3. The Kier molecular flexibility index (Phi) is 6.21. The minimum atomic E-state index is -0.452. The normalized spacial score (nSPS) is 24.5. The lowest BCUT2D eigenvalue weighted by Crippen LogP contribution is -2.64. The Hall–Kier alpha value is -1.11. The second kappa shape index (κ2) is 8.35. The number of likely N-dealkylation sites (tertiary alicyclic amines) is 2. The van der Waals surface area contributed by atoms with Gasteiger partial charge in [-0.15, -0.1) is 0 Å². The minimum Gasteiger partial charge on any atom is -0.444 e. The molecule has 3 saturated heterocycles. The molecule has 0 saturated carbocycles. The molecule has 4 rings (SSSR count). The van der Waals surface area contributed by atoms with Gasteiger partial charge < -0.3 is 14.4 Å². The lowest BCUT2D eigenvalue weighted by Gasteiger charge is -2.47. The van der Waals surface area contributed by atoms with Gasteiger partial charge in [0.25, 0.3) is 0 Å². The summed E-state index contributed by atoms with van der Waals surface area (Å²) in [5.41, 5.74) is 5.03. The topological polar surface area (TPSA) is 42.0 Å². The van der Waals surface area contributed by atoms with Gasteiger partial charge in [-0.3, -0.25) is 4.90 Å². The molecule has 3 aliphatic heterocycles. The maximum atomic E-state index is 12.3. The zero-order valence-electron chi connectivity index (χ0n) is 19.9. The molecule has 5 nitrogen and oxygen atoms in total. The quantitative estimate of drug-likeness (QED) is 0.559. The number of amides is 1. The molecule has 0 N–H and O–H groups in total. The van der Waals surface area contributed by atoms with E-state index in [1.807, 2.05) is 20.8 Å². The molecule has 0 aliphatic carbocycles. The van der Waals surface area contributed by atoms with Gasteiger partial charge >= 0.3 is 6.09 Å². The monoisotopic (exact) mass is 492 g/mol. The Morgan fingerprint density at radius 2 is 1.81 bits per heavy atom. The molecule has 31 heavy (non-hydrogen) atoms. The second-order valence-electron chi connectivity index (χ2n) is 10.8. The van der Waals surface area contributed by atoms with Crippen LogP contribution < -0.4 is 0 Å². The van der Waals surface area contributed by atoms with Crippen LogP contribution in [-0.4, -0.2) is 65.9 Å². The molecule has 0 radical (unpaired) electrons. The van der Waals surface area contributed by atoms with E-state index in [1.54, 1.807) is 4.90 Å². The van der Waals surface area contributed by atoms with Gasteiger partial charge in [-0.1, -0.05) is 22.0 Å². The average molecular weight is 493 g/mol. The van der Waals surface area contributed by atoms with Gasteiger partial charge in [0.15, 0.2) is 0 Å². The van der Waals surface area contributed by atoms with Crippen LogP contribution >= 0.6 is 15.9 Å². The summed E-state index contributed by atoms with van der Waals surface area (Å²) in [6.07, 6.45) is 3.17. The number of ether oxygens (including phenoxy) is 2. The van der Waals surface area contributed by atoms with Crippen molar-refractivity contribution < 1.29 is 14.3 Å². The highest BCUT2D eigenvalue weighted by Gasteiger charge is 2.53. The molecule has 1 aromatic rings. The number of carbonyl (C=O) groups excluding carboxylic acids is 1. The van der Waals surface area contributed by atoms with Gasteiger partial charge in [0.2, 0.25) is 0 Å². The van der Waals surface area contributed by atoms with Crippen molar-refractivity contribution in [2.24, 2.45) is 0 Å². The van der Waals surface area contributed by atoms with Crippen molar-refractivity contribution >= 4 is 22.0 Å². The Balaban J connectivity index is 1.30. The molecule has 3 aliphatic rings. The van der Waals surface area contributed by atoms with Gasteiger partial charge in [-0.25, -0.2) is 4.79 Å². The standard InChI is InChI=1S/C25H37BrN2O3/c1-16-11-21(22(26)18(3)17(16)2)19-7-9-27(10-8-19)20-12-25(30-13-20)14-28(15-25)23(29)31-24(4,5)6/h11,19-20H,7-10,12-15H2,1-6H3/t20-/m0/s1. The molecule has 1 aromatic carbocycles. The number of aryl methyl sites for hydroxylation is 1. The van der Waals surface area contributed by atoms with Crippen molar-refractivity contribution in [1.82, 2.24) is 9.80 Å². The molecule has 6 heteroatoms. The van der Waals surface area contributed by atoms with Crippen LogP contribution in [0.25, 0.3) is 0 Å². The predicted octanol–water partition coefficient (Wildman–Crippen LogP) is 5.33. The fourth-order valence-corrected chi connectivity index (χ4v) is 6.07. The lowest BCUT2D eigenvalue weighted by atomic mass is 9.85. The summed E-state index contributed by atoms with van der Waals surface area (Å²) in [6.45, 7) is 16.7. The molecule has 172 valence electrons. The summed E-state index contributed by atoms with van der Waals surface area (Å²) in [5, 5.41) is 0. The van der Waals surface area contributed by atoms with Crippen LogP contribution in [-0.2, 0) is 9.47 Å². The first-order chi connectivity index (χ1) is 14.5. The molecule has 1 spiro atoms. The average Bonchev–Trinajstić information content (AvgIpc) is 3.13. The molecule has 0 bridgehead atoms. The molecule has 0 aromatic heterocycles. The number of carbonyl (C=O) groups is 1. The third kappa shape index (κ3) is 4.67. The largest absolute Gasteiger partial charge is 0.444 e.